The highest BCUT2D eigenvalue weighted by Gasteiger charge is 2.07. The third-order valence-electron chi connectivity index (χ3n) is 0.935. The molecule has 4 heteroatoms. The Hall–Kier alpha value is -0.510. The molecule has 0 radical (unpaired) electrons. The number of carbonyl (C=O) groups is 2. The summed E-state index contributed by atoms with van der Waals surface area (Å²) < 4.78 is 4.72. The van der Waals surface area contributed by atoms with Crippen LogP contribution in [0.4, 0.5) is 0 Å². The number of esters is 1. The van der Waals surface area contributed by atoms with Crippen molar-refractivity contribution in [3.05, 3.63) is 0 Å². The first-order valence-corrected chi connectivity index (χ1v) is 4.32. The SMILES string of the molecule is CC(=O)SCOC(=O)C(C)C. The van der Waals surface area contributed by atoms with Crippen LogP contribution in [-0.4, -0.2) is 17.0 Å². The number of hydrogen-bond acceptors (Lipinski definition) is 4. The molecule has 0 aromatic carbocycles. The standard InChI is InChI=1S/C7H12O3S/c1-5(2)7(9)10-4-11-6(3)8/h5H,4H2,1-3H3. The molecule has 0 rings (SSSR count). The van der Waals surface area contributed by atoms with Gasteiger partial charge >= 0.3 is 5.97 Å². The molecule has 0 spiro atoms. The maximum atomic E-state index is 10.8. The molecule has 0 atom stereocenters. The molecule has 0 bridgehead atoms. The van der Waals surface area contributed by atoms with E-state index in [1.807, 2.05) is 0 Å². The van der Waals surface area contributed by atoms with Crippen molar-refractivity contribution in [3.63, 3.8) is 0 Å². The maximum absolute atomic E-state index is 10.8. The minimum absolute atomic E-state index is 0.0402. The predicted octanol–water partition coefficient (Wildman–Crippen LogP) is 1.42. The van der Waals surface area contributed by atoms with Crippen molar-refractivity contribution >= 4 is 22.8 Å². The van der Waals surface area contributed by atoms with Gasteiger partial charge in [0.15, 0.2) is 5.12 Å². The smallest absolute Gasteiger partial charge is 0.309 e. The van der Waals surface area contributed by atoms with Gasteiger partial charge in [0.25, 0.3) is 0 Å². The molecule has 0 N–H and O–H groups in total. The molecule has 3 nitrogen and oxygen atoms in total. The van der Waals surface area contributed by atoms with Crippen LogP contribution in [0.1, 0.15) is 20.8 Å². The van der Waals surface area contributed by atoms with E-state index < -0.39 is 0 Å². The summed E-state index contributed by atoms with van der Waals surface area (Å²) >= 11 is 0.995. The number of hydrogen-bond donors (Lipinski definition) is 0. The third kappa shape index (κ3) is 5.91. The van der Waals surface area contributed by atoms with Gasteiger partial charge in [-0.2, -0.15) is 0 Å². The molecule has 64 valence electrons. The first kappa shape index (κ1) is 10.5. The van der Waals surface area contributed by atoms with Gasteiger partial charge in [-0.3, -0.25) is 9.59 Å². The largest absolute Gasteiger partial charge is 0.454 e. The van der Waals surface area contributed by atoms with Gasteiger partial charge in [-0.25, -0.2) is 0 Å². The highest BCUT2D eigenvalue weighted by molar-refractivity contribution is 8.13. The number of rotatable bonds is 3. The Bertz CT molecular complexity index is 154. The molecule has 0 aliphatic rings. The molecule has 0 aliphatic heterocycles. The van der Waals surface area contributed by atoms with E-state index in [4.69, 9.17) is 4.74 Å². The van der Waals surface area contributed by atoms with Crippen LogP contribution < -0.4 is 0 Å². The third-order valence-corrected chi connectivity index (χ3v) is 1.58. The van der Waals surface area contributed by atoms with Crippen LogP contribution in [0, 0.1) is 5.92 Å². The molecule has 0 aromatic heterocycles. The van der Waals surface area contributed by atoms with E-state index in [0.717, 1.165) is 11.8 Å². The van der Waals surface area contributed by atoms with Crippen LogP contribution in [0.3, 0.4) is 0 Å². The summed E-state index contributed by atoms with van der Waals surface area (Å²) in [6.45, 7) is 4.94. The quantitative estimate of drug-likeness (QED) is 0.482. The van der Waals surface area contributed by atoms with Gasteiger partial charge in [0.1, 0.15) is 5.94 Å². The van der Waals surface area contributed by atoms with E-state index in [0.29, 0.717) is 0 Å². The van der Waals surface area contributed by atoms with E-state index in [9.17, 15) is 9.59 Å². The zero-order valence-electron chi connectivity index (χ0n) is 6.92. The van der Waals surface area contributed by atoms with Gasteiger partial charge in [0, 0.05) is 6.92 Å². The second-order valence-corrected chi connectivity index (χ2v) is 3.47. The van der Waals surface area contributed by atoms with Crippen molar-refractivity contribution in [1.82, 2.24) is 0 Å². The first-order chi connectivity index (χ1) is 5.04. The molecule has 0 unspecified atom stereocenters. The fourth-order valence-electron chi connectivity index (χ4n) is 0.337. The summed E-state index contributed by atoms with van der Waals surface area (Å²) in [6.07, 6.45) is 0. The number of ether oxygens (including phenoxy) is 1. The Labute approximate surface area is 70.5 Å². The summed E-state index contributed by atoms with van der Waals surface area (Å²) in [5.41, 5.74) is 0. The minimum Gasteiger partial charge on any atom is -0.454 e. The summed E-state index contributed by atoms with van der Waals surface area (Å²) in [7, 11) is 0. The number of carbonyl (C=O) groups excluding carboxylic acids is 2. The molecule has 0 heterocycles. The van der Waals surface area contributed by atoms with Crippen molar-refractivity contribution in [1.29, 1.82) is 0 Å². The van der Waals surface area contributed by atoms with Crippen LogP contribution in [0.25, 0.3) is 0 Å². The Kier molecular flexibility index (Phi) is 4.94. The normalized spacial score (nSPS) is 9.82. The van der Waals surface area contributed by atoms with Crippen molar-refractivity contribution < 1.29 is 14.3 Å². The van der Waals surface area contributed by atoms with Gasteiger partial charge in [-0.1, -0.05) is 13.8 Å². The first-order valence-electron chi connectivity index (χ1n) is 3.34. The Morgan fingerprint density at radius 2 is 2.00 bits per heavy atom. The summed E-state index contributed by atoms with van der Waals surface area (Å²) in [5, 5.41) is -0.0402. The zero-order valence-corrected chi connectivity index (χ0v) is 7.73. The highest BCUT2D eigenvalue weighted by atomic mass is 32.2. The van der Waals surface area contributed by atoms with Crippen LogP contribution in [0.2, 0.25) is 0 Å². The molecule has 0 saturated carbocycles. The van der Waals surface area contributed by atoms with Crippen LogP contribution in [0.5, 0.6) is 0 Å². The van der Waals surface area contributed by atoms with Gasteiger partial charge < -0.3 is 4.74 Å². The fraction of sp³-hybridized carbons (Fsp3) is 0.714. The molecular formula is C7H12O3S. The predicted molar refractivity (Wildman–Crippen MR) is 44.1 cm³/mol. The molecule has 0 saturated heterocycles. The van der Waals surface area contributed by atoms with Crippen LogP contribution in [0.15, 0.2) is 0 Å². The Morgan fingerprint density at radius 1 is 1.45 bits per heavy atom. The van der Waals surface area contributed by atoms with Gasteiger partial charge in [-0.15, -0.1) is 0 Å². The monoisotopic (exact) mass is 176 g/mol. The van der Waals surface area contributed by atoms with Crippen molar-refractivity contribution in [2.75, 3.05) is 5.94 Å². The lowest BCUT2D eigenvalue weighted by atomic mass is 10.2. The topological polar surface area (TPSA) is 43.4 Å². The van der Waals surface area contributed by atoms with E-state index in [1.54, 1.807) is 13.8 Å². The van der Waals surface area contributed by atoms with Crippen molar-refractivity contribution in [2.45, 2.75) is 20.8 Å². The lowest BCUT2D eigenvalue weighted by Crippen LogP contribution is -2.11. The Balaban J connectivity index is 3.39. The molecule has 0 aliphatic carbocycles. The zero-order chi connectivity index (χ0) is 8.85. The molecule has 0 fully saturated rings. The summed E-state index contributed by atoms with van der Waals surface area (Å²) in [4.78, 5) is 21.1. The van der Waals surface area contributed by atoms with E-state index in [2.05, 4.69) is 0 Å². The lowest BCUT2D eigenvalue weighted by molar-refractivity contribution is -0.144. The van der Waals surface area contributed by atoms with Crippen LogP contribution >= 0.6 is 11.8 Å². The van der Waals surface area contributed by atoms with E-state index >= 15 is 0 Å². The molecule has 0 amide bonds. The molecule has 11 heavy (non-hydrogen) atoms. The van der Waals surface area contributed by atoms with Gasteiger partial charge in [0.2, 0.25) is 0 Å². The summed E-state index contributed by atoms with van der Waals surface area (Å²) in [6, 6.07) is 0. The number of thioether (sulfide) groups is 1. The van der Waals surface area contributed by atoms with Crippen molar-refractivity contribution in [3.8, 4) is 0 Å². The van der Waals surface area contributed by atoms with Crippen LogP contribution in [-0.2, 0) is 14.3 Å². The molecule has 0 aromatic rings. The highest BCUT2D eigenvalue weighted by Crippen LogP contribution is 2.04. The van der Waals surface area contributed by atoms with Gasteiger partial charge in [-0.05, 0) is 11.8 Å². The average molecular weight is 176 g/mol. The average Bonchev–Trinajstić information content (AvgIpc) is 1.86. The molecular weight excluding hydrogens is 164 g/mol. The minimum atomic E-state index is -0.265. The van der Waals surface area contributed by atoms with Gasteiger partial charge in [0.05, 0.1) is 5.92 Å². The Morgan fingerprint density at radius 3 is 2.36 bits per heavy atom. The fourth-order valence-corrected chi connectivity index (χ4v) is 0.678. The van der Waals surface area contributed by atoms with Crippen molar-refractivity contribution in [2.24, 2.45) is 5.92 Å². The van der Waals surface area contributed by atoms with E-state index in [1.165, 1.54) is 6.92 Å². The second kappa shape index (κ2) is 5.18. The summed E-state index contributed by atoms with van der Waals surface area (Å²) in [5.74, 6) is -0.256. The second-order valence-electron chi connectivity index (χ2n) is 2.37. The lowest BCUT2D eigenvalue weighted by Gasteiger charge is -2.04. The maximum Gasteiger partial charge on any atom is 0.309 e. The van der Waals surface area contributed by atoms with E-state index in [-0.39, 0.29) is 22.9 Å².